The van der Waals surface area contributed by atoms with Crippen LogP contribution in [0.15, 0.2) is 24.3 Å². The molecule has 0 fully saturated rings. The lowest BCUT2D eigenvalue weighted by Gasteiger charge is -2.06. The van der Waals surface area contributed by atoms with Crippen molar-refractivity contribution in [2.45, 2.75) is 26.2 Å². The van der Waals surface area contributed by atoms with Gasteiger partial charge in [-0.25, -0.2) is 9.37 Å². The molecule has 0 atom stereocenters. The van der Waals surface area contributed by atoms with E-state index < -0.39 is 0 Å². The largest absolute Gasteiger partial charge is 0.497 e. The Morgan fingerprint density at radius 1 is 1.29 bits per heavy atom. The fourth-order valence-corrected chi connectivity index (χ4v) is 1.82. The van der Waals surface area contributed by atoms with Gasteiger partial charge in [0.2, 0.25) is 0 Å². The maximum absolute atomic E-state index is 13.8. The van der Waals surface area contributed by atoms with E-state index in [2.05, 4.69) is 11.9 Å². The fourth-order valence-electron chi connectivity index (χ4n) is 1.82. The smallest absolute Gasteiger partial charge is 0.145 e. The minimum absolute atomic E-state index is 0.223. The molecule has 1 heterocycles. The topological polar surface area (TPSA) is 22.1 Å². The minimum atomic E-state index is -0.223. The SMILES string of the molecule is CCCCc1nc2ccc(OC)cc2cc1F. The molecule has 0 unspecified atom stereocenters. The summed E-state index contributed by atoms with van der Waals surface area (Å²) in [4.78, 5) is 4.36. The van der Waals surface area contributed by atoms with Crippen LogP contribution in [-0.2, 0) is 6.42 Å². The molecular formula is C14H16FNO. The fraction of sp³-hybridized carbons (Fsp3) is 0.357. The Hall–Kier alpha value is -1.64. The number of aromatic nitrogens is 1. The molecule has 0 aliphatic carbocycles. The molecule has 1 aromatic heterocycles. The maximum Gasteiger partial charge on any atom is 0.145 e. The van der Waals surface area contributed by atoms with E-state index in [1.807, 2.05) is 12.1 Å². The minimum Gasteiger partial charge on any atom is -0.497 e. The summed E-state index contributed by atoms with van der Waals surface area (Å²) >= 11 is 0. The summed E-state index contributed by atoms with van der Waals surface area (Å²) in [6, 6.07) is 7.05. The zero-order valence-corrected chi connectivity index (χ0v) is 10.2. The number of halogens is 1. The first kappa shape index (κ1) is 11.8. The summed E-state index contributed by atoms with van der Waals surface area (Å²) in [6.07, 6.45) is 2.71. The second-order valence-electron chi connectivity index (χ2n) is 4.08. The van der Waals surface area contributed by atoms with E-state index in [9.17, 15) is 4.39 Å². The van der Waals surface area contributed by atoms with Crippen molar-refractivity contribution in [2.24, 2.45) is 0 Å². The molecule has 0 aliphatic rings. The average molecular weight is 233 g/mol. The van der Waals surface area contributed by atoms with Gasteiger partial charge in [-0.05, 0) is 37.1 Å². The molecule has 0 N–H and O–H groups in total. The molecule has 1 aromatic carbocycles. The molecule has 0 saturated carbocycles. The van der Waals surface area contributed by atoms with E-state index in [1.54, 1.807) is 13.2 Å². The molecule has 3 heteroatoms. The van der Waals surface area contributed by atoms with Crippen LogP contribution in [0.1, 0.15) is 25.5 Å². The highest BCUT2D eigenvalue weighted by molar-refractivity contribution is 5.80. The van der Waals surface area contributed by atoms with Crippen LogP contribution in [-0.4, -0.2) is 12.1 Å². The van der Waals surface area contributed by atoms with Crippen LogP contribution in [0.25, 0.3) is 10.9 Å². The number of ether oxygens (including phenoxy) is 1. The first-order chi connectivity index (χ1) is 8.24. The van der Waals surface area contributed by atoms with Crippen LogP contribution in [0.5, 0.6) is 5.75 Å². The van der Waals surface area contributed by atoms with Crippen molar-refractivity contribution in [2.75, 3.05) is 7.11 Å². The van der Waals surface area contributed by atoms with Gasteiger partial charge >= 0.3 is 0 Å². The molecule has 90 valence electrons. The Kier molecular flexibility index (Phi) is 3.57. The molecule has 17 heavy (non-hydrogen) atoms. The van der Waals surface area contributed by atoms with Crippen molar-refractivity contribution >= 4 is 10.9 Å². The van der Waals surface area contributed by atoms with E-state index >= 15 is 0 Å². The molecule has 2 nitrogen and oxygen atoms in total. The van der Waals surface area contributed by atoms with Gasteiger partial charge in [0.15, 0.2) is 0 Å². The van der Waals surface area contributed by atoms with Gasteiger partial charge in [-0.2, -0.15) is 0 Å². The Morgan fingerprint density at radius 3 is 2.82 bits per heavy atom. The summed E-state index contributed by atoms with van der Waals surface area (Å²) in [5.41, 5.74) is 1.38. The first-order valence-electron chi connectivity index (χ1n) is 5.87. The normalized spacial score (nSPS) is 10.8. The van der Waals surface area contributed by atoms with Crippen molar-refractivity contribution in [3.05, 3.63) is 35.8 Å². The van der Waals surface area contributed by atoms with Crippen molar-refractivity contribution < 1.29 is 9.13 Å². The van der Waals surface area contributed by atoms with Gasteiger partial charge in [0.25, 0.3) is 0 Å². The van der Waals surface area contributed by atoms with Crippen LogP contribution in [0.4, 0.5) is 4.39 Å². The lowest BCUT2D eigenvalue weighted by molar-refractivity contribution is 0.415. The Labute approximate surface area is 100 Å². The van der Waals surface area contributed by atoms with E-state index in [4.69, 9.17) is 4.74 Å². The predicted octanol–water partition coefficient (Wildman–Crippen LogP) is 3.73. The number of fused-ring (bicyclic) bond motifs is 1. The Bertz CT molecular complexity index is 525. The van der Waals surface area contributed by atoms with Crippen molar-refractivity contribution in [3.8, 4) is 5.75 Å². The molecule has 2 rings (SSSR count). The van der Waals surface area contributed by atoms with Crippen LogP contribution < -0.4 is 4.74 Å². The van der Waals surface area contributed by atoms with Crippen molar-refractivity contribution in [1.29, 1.82) is 0 Å². The molecular weight excluding hydrogens is 217 g/mol. The standard InChI is InChI=1S/C14H16FNO/c1-3-4-5-14-12(15)9-10-8-11(17-2)6-7-13(10)16-14/h6-9H,3-5H2,1-2H3. The molecule has 0 aliphatic heterocycles. The van der Waals surface area contributed by atoms with Crippen molar-refractivity contribution in [1.82, 2.24) is 4.98 Å². The van der Waals surface area contributed by atoms with E-state index in [0.717, 1.165) is 29.5 Å². The first-order valence-corrected chi connectivity index (χ1v) is 5.87. The third-order valence-corrected chi connectivity index (χ3v) is 2.82. The number of benzene rings is 1. The number of pyridine rings is 1. The lowest BCUT2D eigenvalue weighted by atomic mass is 10.1. The molecule has 0 saturated heterocycles. The quantitative estimate of drug-likeness (QED) is 0.802. The zero-order chi connectivity index (χ0) is 12.3. The number of rotatable bonds is 4. The lowest BCUT2D eigenvalue weighted by Crippen LogP contribution is -1.96. The van der Waals surface area contributed by atoms with Crippen LogP contribution in [0.2, 0.25) is 0 Å². The Balaban J connectivity index is 2.43. The van der Waals surface area contributed by atoms with Crippen molar-refractivity contribution in [3.63, 3.8) is 0 Å². The number of hydrogen-bond acceptors (Lipinski definition) is 2. The van der Waals surface area contributed by atoms with Crippen LogP contribution in [0.3, 0.4) is 0 Å². The van der Waals surface area contributed by atoms with Gasteiger partial charge in [-0.15, -0.1) is 0 Å². The number of unbranched alkanes of at least 4 members (excludes halogenated alkanes) is 1. The van der Waals surface area contributed by atoms with Gasteiger partial charge in [0, 0.05) is 5.39 Å². The monoisotopic (exact) mass is 233 g/mol. The highest BCUT2D eigenvalue weighted by atomic mass is 19.1. The summed E-state index contributed by atoms with van der Waals surface area (Å²) in [5.74, 6) is 0.499. The van der Waals surface area contributed by atoms with Gasteiger partial charge < -0.3 is 4.74 Å². The summed E-state index contributed by atoms with van der Waals surface area (Å²) in [7, 11) is 1.60. The number of methoxy groups -OCH3 is 1. The van der Waals surface area contributed by atoms with Gasteiger partial charge in [-0.3, -0.25) is 0 Å². The highest BCUT2D eigenvalue weighted by Gasteiger charge is 2.06. The van der Waals surface area contributed by atoms with E-state index in [0.29, 0.717) is 12.1 Å². The molecule has 0 amide bonds. The van der Waals surface area contributed by atoms with E-state index in [1.165, 1.54) is 6.07 Å². The average Bonchev–Trinajstić information content (AvgIpc) is 2.35. The van der Waals surface area contributed by atoms with E-state index in [-0.39, 0.29) is 5.82 Å². The second kappa shape index (κ2) is 5.13. The molecule has 0 bridgehead atoms. The zero-order valence-electron chi connectivity index (χ0n) is 10.2. The third-order valence-electron chi connectivity index (χ3n) is 2.82. The predicted molar refractivity (Wildman–Crippen MR) is 66.9 cm³/mol. The van der Waals surface area contributed by atoms with Crippen LogP contribution in [0, 0.1) is 5.82 Å². The summed E-state index contributed by atoms with van der Waals surface area (Å²) in [6.45, 7) is 2.09. The molecule has 0 radical (unpaired) electrons. The second-order valence-corrected chi connectivity index (χ2v) is 4.08. The van der Waals surface area contributed by atoms with Gasteiger partial charge in [0.05, 0.1) is 18.3 Å². The van der Waals surface area contributed by atoms with Gasteiger partial charge in [-0.1, -0.05) is 13.3 Å². The summed E-state index contributed by atoms with van der Waals surface area (Å²) < 4.78 is 18.9. The van der Waals surface area contributed by atoms with Crippen LogP contribution >= 0.6 is 0 Å². The van der Waals surface area contributed by atoms with Gasteiger partial charge in [0.1, 0.15) is 11.6 Å². The Morgan fingerprint density at radius 2 is 2.12 bits per heavy atom. The molecule has 0 spiro atoms. The number of nitrogens with zero attached hydrogens (tertiary/aromatic N) is 1. The molecule has 2 aromatic rings. The number of hydrogen-bond donors (Lipinski definition) is 0. The third kappa shape index (κ3) is 2.54. The summed E-state index contributed by atoms with van der Waals surface area (Å²) in [5, 5.41) is 0.780. The number of aryl methyl sites for hydroxylation is 1. The highest BCUT2D eigenvalue weighted by Crippen LogP contribution is 2.22. The maximum atomic E-state index is 13.8.